The molecule has 0 aliphatic carbocycles. The van der Waals surface area contributed by atoms with Gasteiger partial charge in [0.15, 0.2) is 5.65 Å². The number of alkyl halides is 6. The van der Waals surface area contributed by atoms with E-state index in [2.05, 4.69) is 25.0 Å². The quantitative estimate of drug-likeness (QED) is 0.275. The molecule has 3 heterocycles. The van der Waals surface area contributed by atoms with Crippen LogP contribution in [0, 0.1) is 0 Å². The Labute approximate surface area is 213 Å². The number of aromatic nitrogens is 3. The molecule has 0 radical (unpaired) electrons. The van der Waals surface area contributed by atoms with Crippen molar-refractivity contribution in [2.45, 2.75) is 25.8 Å². The fourth-order valence-corrected chi connectivity index (χ4v) is 4.08. The molecule has 0 unspecified atom stereocenters. The van der Waals surface area contributed by atoms with E-state index in [0.29, 0.717) is 11.1 Å². The third-order valence-electron chi connectivity index (χ3n) is 5.43. The van der Waals surface area contributed by atoms with E-state index in [4.69, 9.17) is 0 Å². The van der Waals surface area contributed by atoms with Crippen molar-refractivity contribution in [3.63, 3.8) is 0 Å². The normalized spacial score (nSPS) is 12.6. The van der Waals surface area contributed by atoms with Crippen molar-refractivity contribution < 1.29 is 34.8 Å². The van der Waals surface area contributed by atoms with Crippen molar-refractivity contribution in [1.82, 2.24) is 19.7 Å². The van der Waals surface area contributed by atoms with Crippen LogP contribution in [-0.4, -0.2) is 29.1 Å². The van der Waals surface area contributed by atoms with Crippen LogP contribution in [0.2, 0.25) is 0 Å². The van der Waals surface area contributed by atoms with Gasteiger partial charge < -0.3 is 5.32 Å². The van der Waals surface area contributed by atoms with E-state index in [9.17, 15) is 34.8 Å². The Hall–Kier alpha value is -3.78. The second-order valence-electron chi connectivity index (χ2n) is 8.05. The highest BCUT2D eigenvalue weighted by Gasteiger charge is 2.34. The molecule has 0 atom stereocenters. The van der Waals surface area contributed by atoms with Gasteiger partial charge in [0.2, 0.25) is 10.0 Å². The Morgan fingerprint density at radius 2 is 1.61 bits per heavy atom. The molecule has 14 heteroatoms. The number of benzene rings is 1. The minimum atomic E-state index is -4.69. The highest BCUT2D eigenvalue weighted by atomic mass is 32.2. The molecule has 0 spiro atoms. The number of nitrogens with zero attached hydrogens (tertiary/aromatic N) is 3. The first-order valence-electron chi connectivity index (χ1n) is 11.0. The van der Waals surface area contributed by atoms with Crippen LogP contribution in [0.25, 0.3) is 22.4 Å². The molecule has 0 aliphatic rings. The third kappa shape index (κ3) is 6.19. The fraction of sp³-hybridized carbons (Fsp3) is 0.208. The molecule has 4 aromatic rings. The van der Waals surface area contributed by atoms with E-state index < -0.39 is 39.2 Å². The lowest BCUT2D eigenvalue weighted by Gasteiger charge is -2.15. The summed E-state index contributed by atoms with van der Waals surface area (Å²) in [5.41, 5.74) is -1.66. The molecule has 1 aromatic carbocycles. The van der Waals surface area contributed by atoms with Gasteiger partial charge >= 0.3 is 12.4 Å². The first kappa shape index (κ1) is 27.3. The molecule has 0 amide bonds. The van der Waals surface area contributed by atoms with Gasteiger partial charge in [-0.1, -0.05) is 0 Å². The number of pyridine rings is 3. The molecular formula is C24H19F6N5O2S. The molecule has 0 aliphatic heterocycles. The van der Waals surface area contributed by atoms with Crippen LogP contribution in [0.1, 0.15) is 23.7 Å². The molecular weight excluding hydrogens is 536 g/mol. The zero-order valence-corrected chi connectivity index (χ0v) is 20.3. The maximum Gasteiger partial charge on any atom is 0.418 e. The van der Waals surface area contributed by atoms with Crippen molar-refractivity contribution in [1.29, 1.82) is 0 Å². The third-order valence-corrected chi connectivity index (χ3v) is 6.77. The van der Waals surface area contributed by atoms with E-state index in [1.165, 1.54) is 43.5 Å². The van der Waals surface area contributed by atoms with Gasteiger partial charge in [-0.05, 0) is 61.5 Å². The van der Waals surface area contributed by atoms with Gasteiger partial charge in [0.1, 0.15) is 5.69 Å². The molecule has 0 fully saturated rings. The molecule has 2 N–H and O–H groups in total. The van der Waals surface area contributed by atoms with Crippen LogP contribution < -0.4 is 10.0 Å². The molecule has 200 valence electrons. The maximum atomic E-state index is 13.5. The number of anilines is 2. The van der Waals surface area contributed by atoms with E-state index in [-0.39, 0.29) is 35.0 Å². The SMILES string of the molecule is CCS(=O)(=O)NCc1cc(Nc2ccc(C(F)(F)F)cc2)c2ccc(-c3ncccc3C(F)(F)F)nc2n1. The monoisotopic (exact) mass is 555 g/mol. The van der Waals surface area contributed by atoms with Crippen LogP contribution in [0.15, 0.2) is 60.8 Å². The van der Waals surface area contributed by atoms with Gasteiger partial charge in [0.05, 0.1) is 40.5 Å². The first-order valence-corrected chi connectivity index (χ1v) is 12.7. The second kappa shape index (κ2) is 10.2. The summed E-state index contributed by atoms with van der Waals surface area (Å²) >= 11 is 0. The van der Waals surface area contributed by atoms with Crippen LogP contribution in [-0.2, 0) is 28.9 Å². The summed E-state index contributed by atoms with van der Waals surface area (Å²) in [6.45, 7) is 1.18. The number of hydrogen-bond acceptors (Lipinski definition) is 6. The summed E-state index contributed by atoms with van der Waals surface area (Å²) in [7, 11) is -3.61. The van der Waals surface area contributed by atoms with E-state index >= 15 is 0 Å². The largest absolute Gasteiger partial charge is 0.418 e. The summed E-state index contributed by atoms with van der Waals surface area (Å²) in [5.74, 6) is -0.195. The van der Waals surface area contributed by atoms with Crippen LogP contribution in [0.4, 0.5) is 37.7 Å². The summed E-state index contributed by atoms with van der Waals surface area (Å²) in [4.78, 5) is 12.4. The fourth-order valence-electron chi connectivity index (χ4n) is 3.50. The average Bonchev–Trinajstić information content (AvgIpc) is 2.86. The summed E-state index contributed by atoms with van der Waals surface area (Å²) in [6.07, 6.45) is -8.02. The summed E-state index contributed by atoms with van der Waals surface area (Å²) < 4.78 is 106. The second-order valence-corrected chi connectivity index (χ2v) is 10.1. The van der Waals surface area contributed by atoms with Gasteiger partial charge in [-0.2, -0.15) is 26.3 Å². The zero-order chi connectivity index (χ0) is 27.7. The van der Waals surface area contributed by atoms with Gasteiger partial charge in [-0.3, -0.25) is 4.98 Å². The highest BCUT2D eigenvalue weighted by Crippen LogP contribution is 2.36. The number of hydrogen-bond donors (Lipinski definition) is 2. The predicted molar refractivity (Wildman–Crippen MR) is 129 cm³/mol. The average molecular weight is 556 g/mol. The van der Waals surface area contributed by atoms with Crippen molar-refractivity contribution in [2.24, 2.45) is 0 Å². The first-order chi connectivity index (χ1) is 17.8. The molecule has 38 heavy (non-hydrogen) atoms. The Bertz CT molecular complexity index is 1570. The maximum absolute atomic E-state index is 13.5. The Balaban J connectivity index is 1.80. The van der Waals surface area contributed by atoms with E-state index in [1.807, 2.05) is 0 Å². The number of fused-ring (bicyclic) bond motifs is 1. The van der Waals surface area contributed by atoms with Crippen LogP contribution >= 0.6 is 0 Å². The lowest BCUT2D eigenvalue weighted by atomic mass is 10.1. The Morgan fingerprint density at radius 1 is 0.895 bits per heavy atom. The number of sulfonamides is 1. The van der Waals surface area contributed by atoms with Crippen molar-refractivity contribution in [3.8, 4) is 11.4 Å². The Morgan fingerprint density at radius 3 is 2.24 bits per heavy atom. The summed E-state index contributed by atoms with van der Waals surface area (Å²) in [5, 5.41) is 3.29. The number of rotatable bonds is 7. The molecule has 0 saturated heterocycles. The minimum absolute atomic E-state index is 0.0242. The van der Waals surface area contributed by atoms with E-state index in [0.717, 1.165) is 24.3 Å². The van der Waals surface area contributed by atoms with Crippen molar-refractivity contribution in [3.05, 3.63) is 77.6 Å². The lowest BCUT2D eigenvalue weighted by molar-refractivity contribution is -0.138. The Kier molecular flexibility index (Phi) is 7.30. The van der Waals surface area contributed by atoms with Gasteiger partial charge in [0.25, 0.3) is 0 Å². The lowest BCUT2D eigenvalue weighted by Crippen LogP contribution is -2.25. The minimum Gasteiger partial charge on any atom is -0.355 e. The van der Waals surface area contributed by atoms with Gasteiger partial charge in [-0.15, -0.1) is 0 Å². The number of nitrogens with one attached hydrogen (secondary N) is 2. The van der Waals surface area contributed by atoms with Crippen LogP contribution in [0.5, 0.6) is 0 Å². The predicted octanol–water partition coefficient (Wildman–Crippen LogP) is 5.91. The molecule has 0 bridgehead atoms. The summed E-state index contributed by atoms with van der Waals surface area (Å²) in [6, 6.07) is 10.5. The highest BCUT2D eigenvalue weighted by molar-refractivity contribution is 7.89. The van der Waals surface area contributed by atoms with Crippen LogP contribution in [0.3, 0.4) is 0 Å². The number of halogens is 6. The smallest absolute Gasteiger partial charge is 0.355 e. The van der Waals surface area contributed by atoms with Gasteiger partial charge in [-0.25, -0.2) is 23.1 Å². The van der Waals surface area contributed by atoms with Crippen molar-refractivity contribution in [2.75, 3.05) is 11.1 Å². The zero-order valence-electron chi connectivity index (χ0n) is 19.5. The molecule has 3 aromatic heterocycles. The molecule has 4 rings (SSSR count). The molecule has 7 nitrogen and oxygen atoms in total. The van der Waals surface area contributed by atoms with E-state index in [1.54, 1.807) is 0 Å². The standard InChI is InChI=1S/C24H19F6N5O2S/c1-2-38(36,37)32-13-16-12-20(33-15-7-5-14(6-8-15)23(25,26)27)17-9-10-19(35-22(17)34-16)21-18(24(28,29)30)4-3-11-31-21/h3-12,32H,2,13H2,1H3,(H,33,34,35). The molecule has 0 saturated carbocycles. The van der Waals surface area contributed by atoms with Gasteiger partial charge in [0, 0.05) is 17.3 Å². The topological polar surface area (TPSA) is 96.9 Å². The van der Waals surface area contributed by atoms with Crippen molar-refractivity contribution >= 4 is 32.4 Å².